The third-order valence-electron chi connectivity index (χ3n) is 2.79. The van der Waals surface area contributed by atoms with Gasteiger partial charge in [0, 0.05) is 15.4 Å². The predicted octanol–water partition coefficient (Wildman–Crippen LogP) is 5.51. The van der Waals surface area contributed by atoms with Crippen LogP contribution in [0.1, 0.15) is 0 Å². The average molecular weight is 372 g/mol. The van der Waals surface area contributed by atoms with Gasteiger partial charge >= 0.3 is 0 Å². The Morgan fingerprint density at radius 1 is 1.05 bits per heavy atom. The highest BCUT2D eigenvalue weighted by molar-refractivity contribution is 9.10. The predicted molar refractivity (Wildman–Crippen MR) is 82.7 cm³/mol. The number of benzene rings is 2. The number of nitrogens with zero attached hydrogens (tertiary/aromatic N) is 2. The summed E-state index contributed by atoms with van der Waals surface area (Å²) in [7, 11) is 0. The maximum Gasteiger partial charge on any atom is 0.163 e. The fraction of sp³-hybridized carbons (Fsp3) is 0. The van der Waals surface area contributed by atoms with E-state index in [0.29, 0.717) is 26.3 Å². The van der Waals surface area contributed by atoms with Crippen molar-refractivity contribution in [3.8, 4) is 11.4 Å². The first kappa shape index (κ1) is 13.7. The molecule has 2 nitrogen and oxygen atoms in total. The number of hydrogen-bond acceptors (Lipinski definition) is 2. The van der Waals surface area contributed by atoms with Crippen molar-refractivity contribution in [2.45, 2.75) is 0 Å². The summed E-state index contributed by atoms with van der Waals surface area (Å²) >= 11 is 15.4. The zero-order chi connectivity index (χ0) is 14.3. The lowest BCUT2D eigenvalue weighted by atomic mass is 10.2. The van der Waals surface area contributed by atoms with E-state index in [9.17, 15) is 4.39 Å². The first-order chi connectivity index (χ1) is 9.56. The molecule has 2 aromatic carbocycles. The van der Waals surface area contributed by atoms with E-state index < -0.39 is 5.82 Å². The molecule has 0 spiro atoms. The van der Waals surface area contributed by atoms with Crippen molar-refractivity contribution in [3.05, 3.63) is 56.9 Å². The molecule has 0 saturated carbocycles. The first-order valence-corrected chi connectivity index (χ1v) is 7.18. The second-order valence-electron chi connectivity index (χ2n) is 4.10. The van der Waals surface area contributed by atoms with Crippen molar-refractivity contribution < 1.29 is 4.39 Å². The Morgan fingerprint density at radius 3 is 2.55 bits per heavy atom. The van der Waals surface area contributed by atoms with Crippen molar-refractivity contribution in [3.63, 3.8) is 0 Å². The molecule has 3 aromatic rings. The summed E-state index contributed by atoms with van der Waals surface area (Å²) in [5.74, 6) is -0.165. The number of aromatic nitrogens is 2. The SMILES string of the molecule is Fc1cc(Br)cc2c(Cl)nc(-c3ccccc3Cl)nc12. The Labute approximate surface area is 132 Å². The fourth-order valence-corrected chi connectivity index (χ4v) is 2.76. The lowest BCUT2D eigenvalue weighted by Crippen LogP contribution is -1.95. The Bertz CT molecular complexity index is 824. The minimum absolute atomic E-state index is 0.170. The molecule has 100 valence electrons. The quantitative estimate of drug-likeness (QED) is 0.527. The molecule has 1 aromatic heterocycles. The van der Waals surface area contributed by atoms with E-state index in [-0.39, 0.29) is 10.7 Å². The van der Waals surface area contributed by atoms with Gasteiger partial charge in [-0.25, -0.2) is 14.4 Å². The normalized spacial score (nSPS) is 11.0. The number of rotatable bonds is 1. The van der Waals surface area contributed by atoms with Gasteiger partial charge in [0.05, 0.1) is 5.02 Å². The fourth-order valence-electron chi connectivity index (χ4n) is 1.88. The van der Waals surface area contributed by atoms with Crippen molar-refractivity contribution >= 4 is 50.0 Å². The summed E-state index contributed by atoms with van der Waals surface area (Å²) in [4.78, 5) is 8.43. The highest BCUT2D eigenvalue weighted by Gasteiger charge is 2.13. The van der Waals surface area contributed by atoms with Crippen LogP contribution in [0.25, 0.3) is 22.3 Å². The molecule has 0 N–H and O–H groups in total. The zero-order valence-corrected chi connectivity index (χ0v) is 13.0. The summed E-state index contributed by atoms with van der Waals surface area (Å²) in [5.41, 5.74) is 0.781. The molecule has 6 heteroatoms. The minimum atomic E-state index is -0.466. The van der Waals surface area contributed by atoms with Gasteiger partial charge in [-0.3, -0.25) is 0 Å². The van der Waals surface area contributed by atoms with Crippen molar-refractivity contribution in [1.29, 1.82) is 0 Å². The molecule has 1 heterocycles. The number of fused-ring (bicyclic) bond motifs is 1. The average Bonchev–Trinajstić information content (AvgIpc) is 2.40. The van der Waals surface area contributed by atoms with Crippen LogP contribution in [0.4, 0.5) is 4.39 Å². The standard InChI is InChI=1S/C14H6BrCl2FN2/c15-7-5-9-12(11(18)6-7)19-14(20-13(9)17)8-3-1-2-4-10(8)16/h1-6H. The lowest BCUT2D eigenvalue weighted by molar-refractivity contribution is 0.636. The molecule has 0 atom stereocenters. The molecule has 0 fully saturated rings. The van der Waals surface area contributed by atoms with Gasteiger partial charge in [0.1, 0.15) is 10.7 Å². The van der Waals surface area contributed by atoms with E-state index in [2.05, 4.69) is 25.9 Å². The zero-order valence-electron chi connectivity index (χ0n) is 9.87. The van der Waals surface area contributed by atoms with Gasteiger partial charge in [0.15, 0.2) is 11.6 Å². The number of hydrogen-bond donors (Lipinski definition) is 0. The van der Waals surface area contributed by atoms with E-state index in [1.54, 1.807) is 30.3 Å². The highest BCUT2D eigenvalue weighted by atomic mass is 79.9. The van der Waals surface area contributed by atoms with Crippen LogP contribution in [0.5, 0.6) is 0 Å². The van der Waals surface area contributed by atoms with Crippen LogP contribution in [0.15, 0.2) is 40.9 Å². The van der Waals surface area contributed by atoms with Crippen LogP contribution in [-0.2, 0) is 0 Å². The van der Waals surface area contributed by atoms with Crippen molar-refractivity contribution in [1.82, 2.24) is 9.97 Å². The molecule has 0 saturated heterocycles. The third kappa shape index (κ3) is 2.39. The summed E-state index contributed by atoms with van der Waals surface area (Å²) in [6.45, 7) is 0. The Hall–Kier alpha value is -1.23. The van der Waals surface area contributed by atoms with Gasteiger partial charge in [-0.2, -0.15) is 0 Å². The minimum Gasteiger partial charge on any atom is -0.225 e. The van der Waals surface area contributed by atoms with Gasteiger partial charge in [0.2, 0.25) is 0 Å². The topological polar surface area (TPSA) is 25.8 Å². The van der Waals surface area contributed by atoms with E-state index >= 15 is 0 Å². The second kappa shape index (κ2) is 5.28. The highest BCUT2D eigenvalue weighted by Crippen LogP contribution is 2.31. The molecule has 0 bridgehead atoms. The van der Waals surface area contributed by atoms with E-state index in [1.165, 1.54) is 6.07 Å². The van der Waals surface area contributed by atoms with Crippen LogP contribution in [0.2, 0.25) is 10.2 Å². The van der Waals surface area contributed by atoms with Gasteiger partial charge in [-0.1, -0.05) is 51.3 Å². The molecule has 0 aliphatic heterocycles. The van der Waals surface area contributed by atoms with Crippen LogP contribution >= 0.6 is 39.1 Å². The smallest absolute Gasteiger partial charge is 0.163 e. The molecule has 0 aliphatic carbocycles. The second-order valence-corrected chi connectivity index (χ2v) is 5.78. The summed E-state index contributed by atoms with van der Waals surface area (Å²) in [6, 6.07) is 10.1. The first-order valence-electron chi connectivity index (χ1n) is 5.63. The molecule has 3 rings (SSSR count). The molecular weight excluding hydrogens is 366 g/mol. The van der Waals surface area contributed by atoms with E-state index in [4.69, 9.17) is 23.2 Å². The summed E-state index contributed by atoms with van der Waals surface area (Å²) < 4.78 is 14.6. The Balaban J connectivity index is 2.33. The monoisotopic (exact) mass is 370 g/mol. The van der Waals surface area contributed by atoms with Crippen LogP contribution < -0.4 is 0 Å². The summed E-state index contributed by atoms with van der Waals surface area (Å²) in [6.07, 6.45) is 0. The molecule has 20 heavy (non-hydrogen) atoms. The van der Waals surface area contributed by atoms with Gasteiger partial charge in [-0.15, -0.1) is 0 Å². The molecular formula is C14H6BrCl2FN2. The van der Waals surface area contributed by atoms with Crippen LogP contribution in [0, 0.1) is 5.82 Å². The maximum atomic E-state index is 14.0. The van der Waals surface area contributed by atoms with Crippen LogP contribution in [0.3, 0.4) is 0 Å². The number of halogens is 4. The van der Waals surface area contributed by atoms with Crippen LogP contribution in [-0.4, -0.2) is 9.97 Å². The van der Waals surface area contributed by atoms with Crippen molar-refractivity contribution in [2.75, 3.05) is 0 Å². The van der Waals surface area contributed by atoms with Gasteiger partial charge < -0.3 is 0 Å². The summed E-state index contributed by atoms with van der Waals surface area (Å²) in [5, 5.41) is 1.12. The molecule has 0 radical (unpaired) electrons. The van der Waals surface area contributed by atoms with E-state index in [0.717, 1.165) is 0 Å². The molecule has 0 unspecified atom stereocenters. The van der Waals surface area contributed by atoms with Crippen molar-refractivity contribution in [2.24, 2.45) is 0 Å². The van der Waals surface area contributed by atoms with E-state index in [1.807, 2.05) is 0 Å². The Morgan fingerprint density at radius 2 is 1.80 bits per heavy atom. The van der Waals surface area contributed by atoms with Gasteiger partial charge in [-0.05, 0) is 24.3 Å². The molecule has 0 aliphatic rings. The lowest BCUT2D eigenvalue weighted by Gasteiger charge is -2.07. The third-order valence-corrected chi connectivity index (χ3v) is 3.86. The molecule has 0 amide bonds. The Kier molecular flexibility index (Phi) is 3.63. The largest absolute Gasteiger partial charge is 0.225 e. The maximum absolute atomic E-state index is 14.0. The van der Waals surface area contributed by atoms with Gasteiger partial charge in [0.25, 0.3) is 0 Å².